The fraction of sp³-hybridized carbons (Fsp3) is 0.375. The van der Waals surface area contributed by atoms with Crippen molar-refractivity contribution in [1.82, 2.24) is 5.32 Å². The minimum Gasteiger partial charge on any atom is -0.368 e. The number of piperazine rings is 1. The van der Waals surface area contributed by atoms with Gasteiger partial charge in [-0.15, -0.1) is 0 Å². The zero-order valence-corrected chi connectivity index (χ0v) is 13.0. The number of anilines is 1. The molecule has 0 unspecified atom stereocenters. The molecule has 1 heterocycles. The van der Waals surface area contributed by atoms with Gasteiger partial charge in [0.15, 0.2) is 0 Å². The highest BCUT2D eigenvalue weighted by molar-refractivity contribution is 9.10. The molecule has 2 aromatic carbocycles. The third-order valence-corrected chi connectivity index (χ3v) is 4.22. The van der Waals surface area contributed by atoms with Crippen LogP contribution in [0.2, 0.25) is 0 Å². The molecule has 0 aromatic heterocycles. The fourth-order valence-corrected chi connectivity index (χ4v) is 3.14. The predicted octanol–water partition coefficient (Wildman–Crippen LogP) is 3.79. The second-order valence-corrected chi connectivity index (χ2v) is 6.82. The Morgan fingerprint density at radius 3 is 2.63 bits per heavy atom. The molecular formula is C16H19BrN2. The monoisotopic (exact) mass is 318 g/mol. The highest BCUT2D eigenvalue weighted by Crippen LogP contribution is 2.26. The van der Waals surface area contributed by atoms with Gasteiger partial charge in [-0.25, -0.2) is 0 Å². The topological polar surface area (TPSA) is 15.3 Å². The summed E-state index contributed by atoms with van der Waals surface area (Å²) in [6.07, 6.45) is 0. The molecule has 100 valence electrons. The molecule has 0 atom stereocenters. The average molecular weight is 319 g/mol. The maximum atomic E-state index is 3.55. The zero-order valence-electron chi connectivity index (χ0n) is 11.4. The van der Waals surface area contributed by atoms with E-state index in [9.17, 15) is 0 Å². The maximum Gasteiger partial charge on any atom is 0.0373 e. The number of halogens is 1. The summed E-state index contributed by atoms with van der Waals surface area (Å²) in [4.78, 5) is 2.47. The van der Waals surface area contributed by atoms with E-state index in [0.717, 1.165) is 24.1 Å². The van der Waals surface area contributed by atoms with Gasteiger partial charge in [0.25, 0.3) is 0 Å². The molecule has 1 aliphatic heterocycles. The van der Waals surface area contributed by atoms with Gasteiger partial charge in [0.05, 0.1) is 0 Å². The van der Waals surface area contributed by atoms with Crippen molar-refractivity contribution in [2.75, 3.05) is 24.5 Å². The van der Waals surface area contributed by atoms with Gasteiger partial charge >= 0.3 is 0 Å². The van der Waals surface area contributed by atoms with Crippen LogP contribution in [0.1, 0.15) is 13.8 Å². The number of benzene rings is 2. The van der Waals surface area contributed by atoms with E-state index >= 15 is 0 Å². The van der Waals surface area contributed by atoms with E-state index in [1.165, 1.54) is 16.5 Å². The SMILES string of the molecule is CC1(C)CN(c2ccc3cc(Br)ccc3c2)CCN1. The van der Waals surface area contributed by atoms with Gasteiger partial charge in [-0.05, 0) is 48.9 Å². The van der Waals surface area contributed by atoms with E-state index in [-0.39, 0.29) is 5.54 Å². The zero-order chi connectivity index (χ0) is 13.5. The maximum absolute atomic E-state index is 3.55. The molecule has 0 spiro atoms. The van der Waals surface area contributed by atoms with Crippen LogP contribution in [0.5, 0.6) is 0 Å². The largest absolute Gasteiger partial charge is 0.368 e. The number of nitrogens with one attached hydrogen (secondary N) is 1. The number of rotatable bonds is 1. The van der Waals surface area contributed by atoms with Crippen LogP contribution in [0, 0.1) is 0 Å². The van der Waals surface area contributed by atoms with Crippen molar-refractivity contribution in [3.05, 3.63) is 40.9 Å². The van der Waals surface area contributed by atoms with Crippen LogP contribution in [-0.4, -0.2) is 25.2 Å². The number of fused-ring (bicyclic) bond motifs is 1. The van der Waals surface area contributed by atoms with Crippen molar-refractivity contribution in [3.63, 3.8) is 0 Å². The first-order valence-electron chi connectivity index (χ1n) is 6.73. The van der Waals surface area contributed by atoms with Crippen LogP contribution in [0.4, 0.5) is 5.69 Å². The Balaban J connectivity index is 1.95. The van der Waals surface area contributed by atoms with E-state index in [1.54, 1.807) is 0 Å². The molecule has 2 aromatic rings. The van der Waals surface area contributed by atoms with Gasteiger partial charge in [0.1, 0.15) is 0 Å². The molecule has 1 fully saturated rings. The number of nitrogens with zero attached hydrogens (tertiary/aromatic N) is 1. The predicted molar refractivity (Wildman–Crippen MR) is 85.9 cm³/mol. The van der Waals surface area contributed by atoms with Gasteiger partial charge in [0, 0.05) is 35.3 Å². The standard InChI is InChI=1S/C16H19BrN2/c1-16(2)11-19(8-7-18-16)15-6-4-12-9-14(17)5-3-13(12)10-15/h3-6,9-10,18H,7-8,11H2,1-2H3. The van der Waals surface area contributed by atoms with Crippen molar-refractivity contribution >= 4 is 32.4 Å². The van der Waals surface area contributed by atoms with Crippen LogP contribution in [0.25, 0.3) is 10.8 Å². The molecule has 0 saturated carbocycles. The number of hydrogen-bond acceptors (Lipinski definition) is 2. The molecule has 1 N–H and O–H groups in total. The third-order valence-electron chi connectivity index (χ3n) is 3.72. The molecule has 19 heavy (non-hydrogen) atoms. The first kappa shape index (κ1) is 12.9. The van der Waals surface area contributed by atoms with Gasteiger partial charge in [-0.2, -0.15) is 0 Å². The Hall–Kier alpha value is -1.06. The summed E-state index contributed by atoms with van der Waals surface area (Å²) in [7, 11) is 0. The fourth-order valence-electron chi connectivity index (χ4n) is 2.76. The smallest absolute Gasteiger partial charge is 0.0373 e. The van der Waals surface area contributed by atoms with E-state index in [1.807, 2.05) is 0 Å². The molecule has 0 aliphatic carbocycles. The van der Waals surface area contributed by atoms with Crippen molar-refractivity contribution in [1.29, 1.82) is 0 Å². The molecule has 0 radical (unpaired) electrons. The van der Waals surface area contributed by atoms with Crippen LogP contribution in [-0.2, 0) is 0 Å². The molecule has 0 amide bonds. The summed E-state index contributed by atoms with van der Waals surface area (Å²) in [5.41, 5.74) is 1.51. The lowest BCUT2D eigenvalue weighted by atomic mass is 10.0. The molecular weight excluding hydrogens is 300 g/mol. The second kappa shape index (κ2) is 4.80. The van der Waals surface area contributed by atoms with Crippen LogP contribution >= 0.6 is 15.9 Å². The van der Waals surface area contributed by atoms with Crippen LogP contribution in [0.3, 0.4) is 0 Å². The normalized spacial score (nSPS) is 18.8. The highest BCUT2D eigenvalue weighted by Gasteiger charge is 2.25. The summed E-state index contributed by atoms with van der Waals surface area (Å²) in [5.74, 6) is 0. The lowest BCUT2D eigenvalue weighted by Gasteiger charge is -2.40. The highest BCUT2D eigenvalue weighted by atomic mass is 79.9. The van der Waals surface area contributed by atoms with E-state index < -0.39 is 0 Å². The van der Waals surface area contributed by atoms with Crippen molar-refractivity contribution < 1.29 is 0 Å². The third kappa shape index (κ3) is 2.77. The lowest BCUT2D eigenvalue weighted by Crippen LogP contribution is -2.57. The van der Waals surface area contributed by atoms with Crippen molar-refractivity contribution in [2.24, 2.45) is 0 Å². The second-order valence-electron chi connectivity index (χ2n) is 5.91. The summed E-state index contributed by atoms with van der Waals surface area (Å²) in [6.45, 7) is 7.69. The summed E-state index contributed by atoms with van der Waals surface area (Å²) >= 11 is 3.52. The Kier molecular flexibility index (Phi) is 3.27. The van der Waals surface area contributed by atoms with E-state index in [2.05, 4.69) is 76.4 Å². The molecule has 3 rings (SSSR count). The molecule has 3 heteroatoms. The number of hydrogen-bond donors (Lipinski definition) is 1. The van der Waals surface area contributed by atoms with Gasteiger partial charge in [-0.1, -0.05) is 28.1 Å². The Morgan fingerprint density at radius 2 is 1.84 bits per heavy atom. The van der Waals surface area contributed by atoms with Crippen LogP contribution in [0.15, 0.2) is 40.9 Å². The summed E-state index contributed by atoms with van der Waals surface area (Å²) in [6, 6.07) is 13.2. The van der Waals surface area contributed by atoms with Crippen molar-refractivity contribution in [3.8, 4) is 0 Å². The first-order chi connectivity index (χ1) is 9.03. The van der Waals surface area contributed by atoms with Crippen molar-refractivity contribution in [2.45, 2.75) is 19.4 Å². The quantitative estimate of drug-likeness (QED) is 0.860. The first-order valence-corrected chi connectivity index (χ1v) is 7.52. The molecule has 2 nitrogen and oxygen atoms in total. The van der Waals surface area contributed by atoms with E-state index in [0.29, 0.717) is 0 Å². The Morgan fingerprint density at radius 1 is 1.11 bits per heavy atom. The minimum atomic E-state index is 0.187. The van der Waals surface area contributed by atoms with Crippen LogP contribution < -0.4 is 10.2 Å². The Bertz CT molecular complexity index is 607. The molecule has 1 saturated heterocycles. The van der Waals surface area contributed by atoms with Gasteiger partial charge in [-0.3, -0.25) is 0 Å². The molecule has 0 bridgehead atoms. The van der Waals surface area contributed by atoms with E-state index in [4.69, 9.17) is 0 Å². The average Bonchev–Trinajstić information content (AvgIpc) is 2.37. The lowest BCUT2D eigenvalue weighted by molar-refractivity contribution is 0.353. The minimum absolute atomic E-state index is 0.187. The molecule has 1 aliphatic rings. The van der Waals surface area contributed by atoms with Gasteiger partial charge in [0.2, 0.25) is 0 Å². The summed E-state index contributed by atoms with van der Waals surface area (Å²) < 4.78 is 1.14. The summed E-state index contributed by atoms with van der Waals surface area (Å²) in [5, 5.41) is 6.14. The van der Waals surface area contributed by atoms with Gasteiger partial charge < -0.3 is 10.2 Å². The Labute approximate surface area is 122 Å².